The van der Waals surface area contributed by atoms with Crippen molar-refractivity contribution in [3.63, 3.8) is 0 Å². The number of aliphatic hydroxyl groups is 1. The summed E-state index contributed by atoms with van der Waals surface area (Å²) in [6.45, 7) is 4.10. The van der Waals surface area contributed by atoms with Crippen molar-refractivity contribution in [1.82, 2.24) is 9.97 Å². The number of aliphatic hydroxyl groups excluding tert-OH is 1. The largest absolute Gasteiger partial charge is 0.392 e. The van der Waals surface area contributed by atoms with Gasteiger partial charge in [0.1, 0.15) is 0 Å². The Morgan fingerprint density at radius 3 is 2.72 bits per heavy atom. The molecule has 0 saturated heterocycles. The fourth-order valence-corrected chi connectivity index (χ4v) is 2.21. The van der Waals surface area contributed by atoms with Crippen LogP contribution in [0.15, 0.2) is 34.9 Å². The van der Waals surface area contributed by atoms with Gasteiger partial charge in [-0.2, -0.15) is 0 Å². The molecule has 0 aliphatic rings. The van der Waals surface area contributed by atoms with Gasteiger partial charge in [0.2, 0.25) is 0 Å². The van der Waals surface area contributed by atoms with E-state index in [1.165, 1.54) is 0 Å². The Labute approximate surface area is 115 Å². The maximum absolute atomic E-state index is 9.29. The molecule has 0 aliphatic carbocycles. The minimum atomic E-state index is -0.0216. The highest BCUT2D eigenvalue weighted by Crippen LogP contribution is 2.23. The van der Waals surface area contributed by atoms with Gasteiger partial charge in [-0.3, -0.25) is 0 Å². The van der Waals surface area contributed by atoms with E-state index in [0.29, 0.717) is 5.82 Å². The van der Waals surface area contributed by atoms with Crippen LogP contribution in [0.3, 0.4) is 0 Å². The molecule has 18 heavy (non-hydrogen) atoms. The maximum atomic E-state index is 9.29. The van der Waals surface area contributed by atoms with E-state index in [9.17, 15) is 5.11 Å². The Morgan fingerprint density at radius 2 is 2.11 bits per heavy atom. The van der Waals surface area contributed by atoms with Crippen molar-refractivity contribution in [2.45, 2.75) is 26.4 Å². The van der Waals surface area contributed by atoms with E-state index >= 15 is 0 Å². The molecular formula is C14H15BrN2O. The molecule has 0 radical (unpaired) electrons. The Balaban J connectivity index is 2.50. The second-order valence-electron chi connectivity index (χ2n) is 4.43. The average molecular weight is 307 g/mol. The summed E-state index contributed by atoms with van der Waals surface area (Å²) in [6, 6.07) is 7.88. The van der Waals surface area contributed by atoms with Crippen LogP contribution in [0.25, 0.3) is 11.4 Å². The molecule has 0 amide bonds. The summed E-state index contributed by atoms with van der Waals surface area (Å²) in [7, 11) is 0. The number of hydrogen-bond acceptors (Lipinski definition) is 3. The van der Waals surface area contributed by atoms with Crippen molar-refractivity contribution in [3.8, 4) is 11.4 Å². The van der Waals surface area contributed by atoms with E-state index in [0.717, 1.165) is 21.3 Å². The van der Waals surface area contributed by atoms with Gasteiger partial charge in [0.15, 0.2) is 5.82 Å². The standard InChI is InChI=1S/C14H15BrN2O/c1-9(2)13-11(8-18)7-16-14(17-13)10-4-3-5-12(15)6-10/h3-7,9,18H,8H2,1-2H3. The molecule has 1 aromatic carbocycles. The lowest BCUT2D eigenvalue weighted by atomic mass is 10.1. The van der Waals surface area contributed by atoms with Crippen LogP contribution in [-0.4, -0.2) is 15.1 Å². The van der Waals surface area contributed by atoms with Crippen molar-refractivity contribution in [1.29, 1.82) is 0 Å². The minimum absolute atomic E-state index is 0.0216. The first-order chi connectivity index (χ1) is 8.61. The van der Waals surface area contributed by atoms with Crippen molar-refractivity contribution >= 4 is 15.9 Å². The zero-order chi connectivity index (χ0) is 13.1. The molecule has 0 bridgehead atoms. The van der Waals surface area contributed by atoms with Crippen LogP contribution in [-0.2, 0) is 6.61 Å². The second-order valence-corrected chi connectivity index (χ2v) is 5.34. The molecule has 3 nitrogen and oxygen atoms in total. The summed E-state index contributed by atoms with van der Waals surface area (Å²) in [5, 5.41) is 9.29. The first kappa shape index (κ1) is 13.2. The number of hydrogen-bond donors (Lipinski definition) is 1. The fraction of sp³-hybridized carbons (Fsp3) is 0.286. The van der Waals surface area contributed by atoms with E-state index in [4.69, 9.17) is 0 Å². The van der Waals surface area contributed by atoms with Gasteiger partial charge < -0.3 is 5.11 Å². The van der Waals surface area contributed by atoms with Gasteiger partial charge in [-0.1, -0.05) is 41.9 Å². The van der Waals surface area contributed by atoms with Crippen LogP contribution in [0.5, 0.6) is 0 Å². The Bertz CT molecular complexity index is 555. The van der Waals surface area contributed by atoms with Crippen LogP contribution >= 0.6 is 15.9 Å². The van der Waals surface area contributed by atoms with E-state index < -0.39 is 0 Å². The van der Waals surface area contributed by atoms with Crippen molar-refractivity contribution in [3.05, 3.63) is 46.2 Å². The first-order valence-corrected chi connectivity index (χ1v) is 6.63. The molecule has 1 heterocycles. The summed E-state index contributed by atoms with van der Waals surface area (Å²) in [5.41, 5.74) is 2.67. The monoisotopic (exact) mass is 306 g/mol. The average Bonchev–Trinajstić information content (AvgIpc) is 2.38. The van der Waals surface area contributed by atoms with E-state index in [-0.39, 0.29) is 12.5 Å². The molecule has 94 valence electrons. The summed E-state index contributed by atoms with van der Waals surface area (Å²) < 4.78 is 1.00. The number of halogens is 1. The third-order valence-corrected chi connectivity index (χ3v) is 3.19. The smallest absolute Gasteiger partial charge is 0.159 e. The van der Waals surface area contributed by atoms with E-state index in [1.54, 1.807) is 6.20 Å². The maximum Gasteiger partial charge on any atom is 0.159 e. The predicted molar refractivity (Wildman–Crippen MR) is 75.2 cm³/mol. The van der Waals surface area contributed by atoms with Gasteiger partial charge in [0, 0.05) is 21.8 Å². The number of rotatable bonds is 3. The van der Waals surface area contributed by atoms with Gasteiger partial charge in [0.25, 0.3) is 0 Å². The minimum Gasteiger partial charge on any atom is -0.392 e. The highest BCUT2D eigenvalue weighted by molar-refractivity contribution is 9.10. The summed E-state index contributed by atoms with van der Waals surface area (Å²) in [5.74, 6) is 0.957. The quantitative estimate of drug-likeness (QED) is 0.943. The summed E-state index contributed by atoms with van der Waals surface area (Å²) in [4.78, 5) is 8.87. The number of aromatic nitrogens is 2. The van der Waals surface area contributed by atoms with Crippen molar-refractivity contribution in [2.24, 2.45) is 0 Å². The summed E-state index contributed by atoms with van der Waals surface area (Å²) in [6.07, 6.45) is 1.71. The highest BCUT2D eigenvalue weighted by atomic mass is 79.9. The Hall–Kier alpha value is -1.26. The normalized spacial score (nSPS) is 10.9. The molecule has 0 aliphatic heterocycles. The van der Waals surface area contributed by atoms with Gasteiger partial charge in [-0.25, -0.2) is 9.97 Å². The molecule has 4 heteroatoms. The molecule has 2 rings (SSSR count). The SMILES string of the molecule is CC(C)c1nc(-c2cccc(Br)c2)ncc1CO. The molecule has 1 aromatic heterocycles. The van der Waals surface area contributed by atoms with Crippen molar-refractivity contribution < 1.29 is 5.11 Å². The van der Waals surface area contributed by atoms with Crippen LogP contribution < -0.4 is 0 Å². The molecule has 0 unspecified atom stereocenters. The van der Waals surface area contributed by atoms with Crippen molar-refractivity contribution in [2.75, 3.05) is 0 Å². The topological polar surface area (TPSA) is 46.0 Å². The van der Waals surface area contributed by atoms with E-state index in [2.05, 4.69) is 39.7 Å². The van der Waals surface area contributed by atoms with Gasteiger partial charge >= 0.3 is 0 Å². The van der Waals surface area contributed by atoms with E-state index in [1.807, 2.05) is 24.3 Å². The molecule has 0 fully saturated rings. The molecule has 2 aromatic rings. The van der Waals surface area contributed by atoms with Gasteiger partial charge in [-0.05, 0) is 18.1 Å². The molecular weight excluding hydrogens is 292 g/mol. The highest BCUT2D eigenvalue weighted by Gasteiger charge is 2.11. The van der Waals surface area contributed by atoms with Crippen LogP contribution in [0.4, 0.5) is 0 Å². The number of benzene rings is 1. The second kappa shape index (κ2) is 5.59. The van der Waals surface area contributed by atoms with Crippen LogP contribution in [0, 0.1) is 0 Å². The molecule has 0 saturated carbocycles. The lowest BCUT2D eigenvalue weighted by Gasteiger charge is -2.11. The third-order valence-electron chi connectivity index (χ3n) is 2.70. The van der Waals surface area contributed by atoms with Crippen LogP contribution in [0.1, 0.15) is 31.0 Å². The molecule has 0 spiro atoms. The molecule has 1 N–H and O–H groups in total. The molecule has 0 atom stereocenters. The van der Waals surface area contributed by atoms with Gasteiger partial charge in [0.05, 0.1) is 12.3 Å². The fourth-order valence-electron chi connectivity index (χ4n) is 1.81. The predicted octanol–water partition coefficient (Wildman–Crippen LogP) is 3.52. The zero-order valence-corrected chi connectivity index (χ0v) is 12.0. The first-order valence-electron chi connectivity index (χ1n) is 5.84. The van der Waals surface area contributed by atoms with Gasteiger partial charge in [-0.15, -0.1) is 0 Å². The lowest BCUT2D eigenvalue weighted by Crippen LogP contribution is -2.03. The Kier molecular flexibility index (Phi) is 4.09. The summed E-state index contributed by atoms with van der Waals surface area (Å²) >= 11 is 3.44. The third kappa shape index (κ3) is 2.76. The number of nitrogens with zero attached hydrogens (tertiary/aromatic N) is 2. The lowest BCUT2D eigenvalue weighted by molar-refractivity contribution is 0.279. The zero-order valence-electron chi connectivity index (χ0n) is 10.4. The Morgan fingerprint density at radius 1 is 1.33 bits per heavy atom. The van der Waals surface area contributed by atoms with Crippen LogP contribution in [0.2, 0.25) is 0 Å².